The van der Waals surface area contributed by atoms with Crippen LogP contribution in [0.5, 0.6) is 0 Å². The molecule has 0 bridgehead atoms. The third-order valence-corrected chi connectivity index (χ3v) is 5.00. The summed E-state index contributed by atoms with van der Waals surface area (Å²) in [7, 11) is 0. The number of carbonyl (C=O) groups is 2. The lowest BCUT2D eigenvalue weighted by Crippen LogP contribution is -2.45. The van der Waals surface area contributed by atoms with E-state index in [1.54, 1.807) is 12.1 Å². The Balaban J connectivity index is 1.77. The number of imide groups is 1. The highest BCUT2D eigenvalue weighted by Crippen LogP contribution is 2.29. The fourth-order valence-corrected chi connectivity index (χ4v) is 3.37. The molecule has 0 N–H and O–H groups in total. The van der Waals surface area contributed by atoms with Gasteiger partial charge >= 0.3 is 0 Å². The molecule has 2 aliphatic rings. The van der Waals surface area contributed by atoms with Crippen LogP contribution in [0.4, 0.5) is 5.69 Å². The standard InChI is InChI=1S/C16H19BrN2O2/c1-11-6-8-18(9-7-11)14-10-15(20)19(16(14)21)13-4-2-12(17)3-5-13/h2-5,11,14H,6-10H2,1H3. The number of piperidine rings is 1. The van der Waals surface area contributed by atoms with E-state index in [0.717, 1.165) is 36.3 Å². The third kappa shape index (κ3) is 2.90. The Morgan fingerprint density at radius 1 is 1.10 bits per heavy atom. The van der Waals surface area contributed by atoms with Crippen molar-refractivity contribution >= 4 is 33.4 Å². The predicted octanol–water partition coefficient (Wildman–Crippen LogP) is 2.81. The lowest BCUT2D eigenvalue weighted by atomic mass is 9.97. The molecule has 1 atom stereocenters. The largest absolute Gasteiger partial charge is 0.292 e. The van der Waals surface area contributed by atoms with Gasteiger partial charge in [0.15, 0.2) is 0 Å². The van der Waals surface area contributed by atoms with Gasteiger partial charge in [0.05, 0.1) is 18.2 Å². The van der Waals surface area contributed by atoms with Gasteiger partial charge in [0.25, 0.3) is 5.91 Å². The van der Waals surface area contributed by atoms with Gasteiger partial charge in [0.1, 0.15) is 0 Å². The number of benzene rings is 1. The van der Waals surface area contributed by atoms with Crippen molar-refractivity contribution in [3.8, 4) is 0 Å². The Kier molecular flexibility index (Phi) is 4.13. The van der Waals surface area contributed by atoms with Crippen molar-refractivity contribution in [2.45, 2.75) is 32.2 Å². The molecule has 2 heterocycles. The maximum Gasteiger partial charge on any atom is 0.251 e. The number of carbonyl (C=O) groups excluding carboxylic acids is 2. The maximum absolute atomic E-state index is 12.6. The van der Waals surface area contributed by atoms with Crippen LogP contribution in [-0.4, -0.2) is 35.8 Å². The number of hydrogen-bond acceptors (Lipinski definition) is 3. The zero-order valence-electron chi connectivity index (χ0n) is 12.1. The summed E-state index contributed by atoms with van der Waals surface area (Å²) >= 11 is 3.37. The van der Waals surface area contributed by atoms with Crippen molar-refractivity contribution in [2.75, 3.05) is 18.0 Å². The number of halogens is 1. The molecular weight excluding hydrogens is 332 g/mol. The molecule has 0 radical (unpaired) electrons. The van der Waals surface area contributed by atoms with Crippen LogP contribution < -0.4 is 4.90 Å². The molecule has 112 valence electrons. The Morgan fingerprint density at radius 3 is 2.33 bits per heavy atom. The molecule has 5 heteroatoms. The molecule has 2 aliphatic heterocycles. The first-order valence-corrected chi connectivity index (χ1v) is 8.22. The average molecular weight is 351 g/mol. The smallest absolute Gasteiger partial charge is 0.251 e. The first-order valence-electron chi connectivity index (χ1n) is 7.42. The summed E-state index contributed by atoms with van der Waals surface area (Å²) in [5, 5.41) is 0. The lowest BCUT2D eigenvalue weighted by Gasteiger charge is -2.33. The van der Waals surface area contributed by atoms with E-state index in [4.69, 9.17) is 0 Å². The zero-order chi connectivity index (χ0) is 15.0. The van der Waals surface area contributed by atoms with Gasteiger partial charge in [0, 0.05) is 4.47 Å². The third-order valence-electron chi connectivity index (χ3n) is 4.47. The second kappa shape index (κ2) is 5.89. The molecule has 3 rings (SSSR count). The quantitative estimate of drug-likeness (QED) is 0.770. The van der Waals surface area contributed by atoms with Gasteiger partial charge in [-0.3, -0.25) is 14.5 Å². The van der Waals surface area contributed by atoms with E-state index in [0.29, 0.717) is 12.1 Å². The Hall–Kier alpha value is -1.20. The normalized spacial score (nSPS) is 24.9. The summed E-state index contributed by atoms with van der Waals surface area (Å²) in [6.45, 7) is 4.07. The highest BCUT2D eigenvalue weighted by molar-refractivity contribution is 9.10. The minimum absolute atomic E-state index is 0.0723. The number of hydrogen-bond donors (Lipinski definition) is 0. The van der Waals surface area contributed by atoms with E-state index in [9.17, 15) is 9.59 Å². The van der Waals surface area contributed by atoms with Gasteiger partial charge in [-0.1, -0.05) is 22.9 Å². The van der Waals surface area contributed by atoms with Gasteiger partial charge in [-0.25, -0.2) is 4.90 Å². The monoisotopic (exact) mass is 350 g/mol. The predicted molar refractivity (Wildman–Crippen MR) is 85.0 cm³/mol. The average Bonchev–Trinajstić information content (AvgIpc) is 2.76. The molecule has 1 unspecified atom stereocenters. The Labute approximate surface area is 133 Å². The molecular formula is C16H19BrN2O2. The van der Waals surface area contributed by atoms with Gasteiger partial charge in [-0.05, 0) is 56.1 Å². The van der Waals surface area contributed by atoms with Gasteiger partial charge in [-0.15, -0.1) is 0 Å². The van der Waals surface area contributed by atoms with Crippen LogP contribution in [0.15, 0.2) is 28.7 Å². The Bertz CT molecular complexity index is 550. The van der Waals surface area contributed by atoms with Crippen molar-refractivity contribution < 1.29 is 9.59 Å². The molecule has 1 aromatic rings. The molecule has 0 aromatic heterocycles. The number of nitrogens with zero attached hydrogens (tertiary/aromatic N) is 2. The van der Waals surface area contributed by atoms with Crippen LogP contribution in [0.25, 0.3) is 0 Å². The lowest BCUT2D eigenvalue weighted by molar-refractivity contribution is -0.123. The minimum atomic E-state index is -0.270. The first kappa shape index (κ1) is 14.7. The topological polar surface area (TPSA) is 40.6 Å². The van der Waals surface area contributed by atoms with Crippen molar-refractivity contribution in [2.24, 2.45) is 5.92 Å². The molecule has 2 saturated heterocycles. The zero-order valence-corrected chi connectivity index (χ0v) is 13.7. The van der Waals surface area contributed by atoms with Gasteiger partial charge in [0.2, 0.25) is 5.91 Å². The molecule has 2 fully saturated rings. The van der Waals surface area contributed by atoms with Crippen LogP contribution in [0.2, 0.25) is 0 Å². The summed E-state index contributed by atoms with van der Waals surface area (Å²) in [5.41, 5.74) is 0.668. The highest BCUT2D eigenvalue weighted by Gasteiger charge is 2.43. The summed E-state index contributed by atoms with van der Waals surface area (Å²) in [5.74, 6) is 0.554. The van der Waals surface area contributed by atoms with Crippen LogP contribution in [0.3, 0.4) is 0 Å². The fourth-order valence-electron chi connectivity index (χ4n) is 3.10. The fraction of sp³-hybridized carbons (Fsp3) is 0.500. The highest BCUT2D eigenvalue weighted by atomic mass is 79.9. The molecule has 0 spiro atoms. The van der Waals surface area contributed by atoms with Crippen molar-refractivity contribution in [3.63, 3.8) is 0 Å². The van der Waals surface area contributed by atoms with Gasteiger partial charge < -0.3 is 0 Å². The summed E-state index contributed by atoms with van der Waals surface area (Å²) < 4.78 is 0.937. The van der Waals surface area contributed by atoms with E-state index < -0.39 is 0 Å². The van der Waals surface area contributed by atoms with Gasteiger partial charge in [-0.2, -0.15) is 0 Å². The van der Waals surface area contributed by atoms with Crippen molar-refractivity contribution in [3.05, 3.63) is 28.7 Å². The van der Waals surface area contributed by atoms with Crippen LogP contribution in [-0.2, 0) is 9.59 Å². The number of anilines is 1. The van der Waals surface area contributed by atoms with Crippen LogP contribution in [0.1, 0.15) is 26.2 Å². The molecule has 2 amide bonds. The number of likely N-dealkylation sites (tertiary alicyclic amines) is 1. The SMILES string of the molecule is CC1CCN(C2CC(=O)N(c3ccc(Br)cc3)C2=O)CC1. The first-order chi connectivity index (χ1) is 10.1. The van der Waals surface area contributed by atoms with Crippen molar-refractivity contribution in [1.82, 2.24) is 4.90 Å². The van der Waals surface area contributed by atoms with Crippen LogP contribution >= 0.6 is 15.9 Å². The molecule has 21 heavy (non-hydrogen) atoms. The molecule has 4 nitrogen and oxygen atoms in total. The van der Waals surface area contributed by atoms with E-state index in [1.807, 2.05) is 12.1 Å². The van der Waals surface area contributed by atoms with Crippen LogP contribution in [0, 0.1) is 5.92 Å². The van der Waals surface area contributed by atoms with Crippen molar-refractivity contribution in [1.29, 1.82) is 0 Å². The molecule has 0 aliphatic carbocycles. The minimum Gasteiger partial charge on any atom is -0.292 e. The van der Waals surface area contributed by atoms with E-state index in [-0.39, 0.29) is 17.9 Å². The summed E-state index contributed by atoms with van der Waals surface area (Å²) in [6, 6.07) is 7.05. The van der Waals surface area contributed by atoms with E-state index in [2.05, 4.69) is 27.8 Å². The molecule has 1 aromatic carbocycles. The number of amides is 2. The maximum atomic E-state index is 12.6. The second-order valence-corrected chi connectivity index (χ2v) is 6.90. The summed E-state index contributed by atoms with van der Waals surface area (Å²) in [4.78, 5) is 28.4. The van der Waals surface area contributed by atoms with E-state index in [1.165, 1.54) is 4.90 Å². The molecule has 0 saturated carbocycles. The van der Waals surface area contributed by atoms with E-state index >= 15 is 0 Å². The second-order valence-electron chi connectivity index (χ2n) is 5.98. The summed E-state index contributed by atoms with van der Waals surface area (Å²) in [6.07, 6.45) is 2.52. The number of rotatable bonds is 2. The Morgan fingerprint density at radius 2 is 1.71 bits per heavy atom.